The van der Waals surface area contributed by atoms with Gasteiger partial charge in [0.25, 0.3) is 0 Å². The molecule has 3 nitrogen and oxygen atoms in total. The average molecular weight is 220 g/mol. The van der Waals surface area contributed by atoms with Crippen LogP contribution in [-0.4, -0.2) is 12.6 Å². The van der Waals surface area contributed by atoms with Gasteiger partial charge in [-0.15, -0.1) is 0 Å². The second-order valence-electron chi connectivity index (χ2n) is 3.93. The third-order valence-electron chi connectivity index (χ3n) is 2.75. The minimum Gasteiger partial charge on any atom is -0.454 e. The summed E-state index contributed by atoms with van der Waals surface area (Å²) in [6, 6.07) is 5.96. The highest BCUT2D eigenvalue weighted by Crippen LogP contribution is 2.32. The molecular formula is C13H16O3. The van der Waals surface area contributed by atoms with E-state index in [4.69, 9.17) is 9.47 Å². The van der Waals surface area contributed by atoms with Crippen LogP contribution in [0.15, 0.2) is 18.2 Å². The Kier molecular flexibility index (Phi) is 3.44. The van der Waals surface area contributed by atoms with Gasteiger partial charge in [-0.3, -0.25) is 4.79 Å². The molecular weight excluding hydrogens is 204 g/mol. The van der Waals surface area contributed by atoms with Crippen LogP contribution in [0, 0.1) is 0 Å². The molecule has 0 bridgehead atoms. The van der Waals surface area contributed by atoms with Crippen LogP contribution in [0.3, 0.4) is 0 Å². The van der Waals surface area contributed by atoms with E-state index in [0.29, 0.717) is 25.4 Å². The fourth-order valence-electron chi connectivity index (χ4n) is 1.76. The van der Waals surface area contributed by atoms with Crippen molar-refractivity contribution in [3.8, 4) is 11.5 Å². The number of carbonyl (C=O) groups excluding carboxylic acids is 1. The van der Waals surface area contributed by atoms with Gasteiger partial charge < -0.3 is 9.47 Å². The van der Waals surface area contributed by atoms with Crippen LogP contribution in [0.25, 0.3) is 0 Å². The fraction of sp³-hybridized carbons (Fsp3) is 0.462. The monoisotopic (exact) mass is 220 g/mol. The Morgan fingerprint density at radius 2 is 2.12 bits per heavy atom. The number of ketones is 1. The smallest absolute Gasteiger partial charge is 0.231 e. The molecule has 1 aromatic rings. The Morgan fingerprint density at radius 1 is 1.31 bits per heavy atom. The maximum Gasteiger partial charge on any atom is 0.231 e. The summed E-state index contributed by atoms with van der Waals surface area (Å²) in [6.07, 6.45) is 3.14. The maximum absolute atomic E-state index is 11.1. The molecule has 2 rings (SSSR count). The summed E-state index contributed by atoms with van der Waals surface area (Å²) < 4.78 is 10.5. The molecule has 16 heavy (non-hydrogen) atoms. The molecule has 0 radical (unpaired) electrons. The topological polar surface area (TPSA) is 35.5 Å². The molecule has 0 saturated heterocycles. The molecule has 1 aliphatic rings. The van der Waals surface area contributed by atoms with E-state index in [1.54, 1.807) is 0 Å². The van der Waals surface area contributed by atoms with Crippen LogP contribution in [0.2, 0.25) is 0 Å². The van der Waals surface area contributed by atoms with Crippen molar-refractivity contribution in [2.24, 2.45) is 0 Å². The van der Waals surface area contributed by atoms with Crippen molar-refractivity contribution in [3.05, 3.63) is 23.8 Å². The number of aryl methyl sites for hydroxylation is 1. The van der Waals surface area contributed by atoms with Gasteiger partial charge in [0.05, 0.1) is 0 Å². The van der Waals surface area contributed by atoms with Gasteiger partial charge in [-0.05, 0) is 30.5 Å². The Balaban J connectivity index is 1.88. The van der Waals surface area contributed by atoms with Gasteiger partial charge in [-0.1, -0.05) is 13.0 Å². The van der Waals surface area contributed by atoms with Crippen molar-refractivity contribution in [2.75, 3.05) is 6.79 Å². The van der Waals surface area contributed by atoms with E-state index >= 15 is 0 Å². The number of hydrogen-bond donors (Lipinski definition) is 0. The number of Topliss-reactive ketones (excluding diaryl/α,β-unsaturated/α-hetero) is 1. The van der Waals surface area contributed by atoms with Crippen molar-refractivity contribution in [1.29, 1.82) is 0 Å². The zero-order valence-electron chi connectivity index (χ0n) is 9.49. The lowest BCUT2D eigenvalue weighted by Gasteiger charge is -2.02. The quantitative estimate of drug-likeness (QED) is 0.765. The summed E-state index contributed by atoms with van der Waals surface area (Å²) >= 11 is 0. The molecule has 1 heterocycles. The number of benzene rings is 1. The van der Waals surface area contributed by atoms with E-state index in [2.05, 4.69) is 0 Å². The molecule has 0 aromatic heterocycles. The van der Waals surface area contributed by atoms with E-state index in [1.807, 2.05) is 25.1 Å². The average Bonchev–Trinajstić information content (AvgIpc) is 2.76. The van der Waals surface area contributed by atoms with Crippen molar-refractivity contribution in [3.63, 3.8) is 0 Å². The Morgan fingerprint density at radius 3 is 2.94 bits per heavy atom. The van der Waals surface area contributed by atoms with Crippen molar-refractivity contribution >= 4 is 5.78 Å². The summed E-state index contributed by atoms with van der Waals surface area (Å²) in [4.78, 5) is 11.1. The molecule has 0 fully saturated rings. The SMILES string of the molecule is CCC(=O)CCCc1ccc2c(c1)OCO2. The van der Waals surface area contributed by atoms with Gasteiger partial charge in [0.15, 0.2) is 11.5 Å². The van der Waals surface area contributed by atoms with E-state index in [-0.39, 0.29) is 0 Å². The molecule has 3 heteroatoms. The molecule has 0 aliphatic carbocycles. The van der Waals surface area contributed by atoms with Crippen LogP contribution >= 0.6 is 0 Å². The van der Waals surface area contributed by atoms with Crippen LogP contribution in [-0.2, 0) is 11.2 Å². The van der Waals surface area contributed by atoms with E-state index in [9.17, 15) is 4.79 Å². The summed E-state index contributed by atoms with van der Waals surface area (Å²) in [7, 11) is 0. The standard InChI is InChI=1S/C13H16O3/c1-2-11(14)5-3-4-10-6-7-12-13(8-10)16-9-15-12/h6-8H,2-5,9H2,1H3. The Labute approximate surface area is 95.4 Å². The van der Waals surface area contributed by atoms with Crippen molar-refractivity contribution < 1.29 is 14.3 Å². The normalized spacial score (nSPS) is 12.8. The molecule has 0 atom stereocenters. The predicted molar refractivity (Wildman–Crippen MR) is 60.8 cm³/mol. The first kappa shape index (κ1) is 11.0. The Bertz CT molecular complexity index is 385. The fourth-order valence-corrected chi connectivity index (χ4v) is 1.76. The predicted octanol–water partition coefficient (Wildman–Crippen LogP) is 2.72. The lowest BCUT2D eigenvalue weighted by atomic mass is 10.1. The second kappa shape index (κ2) is 5.01. The highest BCUT2D eigenvalue weighted by atomic mass is 16.7. The lowest BCUT2D eigenvalue weighted by Crippen LogP contribution is -1.96. The number of carbonyl (C=O) groups is 1. The minimum absolute atomic E-state index is 0.313. The van der Waals surface area contributed by atoms with Crippen LogP contribution in [0.1, 0.15) is 31.7 Å². The van der Waals surface area contributed by atoms with E-state index in [1.165, 1.54) is 5.56 Å². The first-order valence-electron chi connectivity index (χ1n) is 5.70. The molecule has 86 valence electrons. The molecule has 0 saturated carbocycles. The molecule has 0 unspecified atom stereocenters. The van der Waals surface area contributed by atoms with Crippen LogP contribution in [0.5, 0.6) is 11.5 Å². The molecule has 0 amide bonds. The van der Waals surface area contributed by atoms with Gasteiger partial charge in [-0.2, -0.15) is 0 Å². The highest BCUT2D eigenvalue weighted by molar-refractivity contribution is 5.77. The number of rotatable bonds is 5. The van der Waals surface area contributed by atoms with Gasteiger partial charge in [0.1, 0.15) is 5.78 Å². The van der Waals surface area contributed by atoms with Crippen molar-refractivity contribution in [1.82, 2.24) is 0 Å². The highest BCUT2D eigenvalue weighted by Gasteiger charge is 2.12. The van der Waals surface area contributed by atoms with Crippen LogP contribution < -0.4 is 9.47 Å². The minimum atomic E-state index is 0.313. The first-order chi connectivity index (χ1) is 7.79. The Hall–Kier alpha value is -1.51. The van der Waals surface area contributed by atoms with Crippen LogP contribution in [0.4, 0.5) is 0 Å². The molecule has 1 aliphatic heterocycles. The number of fused-ring (bicyclic) bond motifs is 1. The molecule has 1 aromatic carbocycles. The van der Waals surface area contributed by atoms with Crippen molar-refractivity contribution in [2.45, 2.75) is 32.6 Å². The van der Waals surface area contributed by atoms with Gasteiger partial charge >= 0.3 is 0 Å². The lowest BCUT2D eigenvalue weighted by molar-refractivity contribution is -0.118. The first-order valence-corrected chi connectivity index (χ1v) is 5.70. The summed E-state index contributed by atoms with van der Waals surface area (Å²) in [5, 5.41) is 0. The second-order valence-corrected chi connectivity index (χ2v) is 3.93. The number of hydrogen-bond acceptors (Lipinski definition) is 3. The van der Waals surface area contributed by atoms with E-state index < -0.39 is 0 Å². The summed E-state index contributed by atoms with van der Waals surface area (Å²) in [5.41, 5.74) is 1.20. The zero-order valence-corrected chi connectivity index (χ0v) is 9.49. The number of ether oxygens (including phenoxy) is 2. The van der Waals surface area contributed by atoms with Gasteiger partial charge in [0.2, 0.25) is 6.79 Å². The summed E-state index contributed by atoms with van der Waals surface area (Å²) in [6.45, 7) is 2.22. The third kappa shape index (κ3) is 2.54. The zero-order chi connectivity index (χ0) is 11.4. The maximum atomic E-state index is 11.1. The van der Waals surface area contributed by atoms with E-state index in [0.717, 1.165) is 24.3 Å². The third-order valence-corrected chi connectivity index (χ3v) is 2.75. The molecule has 0 N–H and O–H groups in total. The summed E-state index contributed by atoms with van der Waals surface area (Å²) in [5.74, 6) is 1.97. The molecule has 0 spiro atoms. The largest absolute Gasteiger partial charge is 0.454 e. The van der Waals surface area contributed by atoms with Gasteiger partial charge in [-0.25, -0.2) is 0 Å². The van der Waals surface area contributed by atoms with Gasteiger partial charge in [0, 0.05) is 12.8 Å².